The fraction of sp³-hybridized carbons (Fsp3) is 0.462. The topological polar surface area (TPSA) is 47.6 Å². The molecule has 0 aliphatic carbocycles. The van der Waals surface area contributed by atoms with Crippen molar-refractivity contribution in [3.8, 4) is 11.5 Å². The van der Waals surface area contributed by atoms with Gasteiger partial charge in [-0.3, -0.25) is 4.79 Å². The van der Waals surface area contributed by atoms with E-state index in [9.17, 15) is 4.79 Å². The number of likely N-dealkylation sites (N-methyl/N-ethyl adjacent to an activating group) is 1. The van der Waals surface area contributed by atoms with Gasteiger partial charge in [0.15, 0.2) is 17.3 Å². The molecular formula is C13H18BrNO3. The van der Waals surface area contributed by atoms with E-state index in [-0.39, 0.29) is 18.4 Å². The predicted octanol–water partition coefficient (Wildman–Crippen LogP) is 2.65. The first kappa shape index (κ1) is 15.0. The number of hydrogen-bond donors (Lipinski definition) is 1. The van der Waals surface area contributed by atoms with Gasteiger partial charge >= 0.3 is 0 Å². The number of methoxy groups -OCH3 is 1. The van der Waals surface area contributed by atoms with Crippen molar-refractivity contribution in [1.82, 2.24) is 5.32 Å². The Kier molecular flexibility index (Phi) is 5.62. The number of carbonyl (C=O) groups is 1. The van der Waals surface area contributed by atoms with Gasteiger partial charge in [0.1, 0.15) is 0 Å². The highest BCUT2D eigenvalue weighted by Crippen LogP contribution is 2.34. The molecule has 100 valence electrons. The fourth-order valence-electron chi connectivity index (χ4n) is 1.51. The zero-order valence-electron chi connectivity index (χ0n) is 11.0. The number of Topliss-reactive ketones (excluding diaryl/α,β-unsaturated/α-hetero) is 1. The normalized spacial score (nSPS) is 10.6. The second kappa shape index (κ2) is 6.75. The molecule has 1 aromatic carbocycles. The van der Waals surface area contributed by atoms with Crippen LogP contribution in [0.5, 0.6) is 11.5 Å². The molecule has 0 radical (unpaired) electrons. The van der Waals surface area contributed by atoms with Crippen LogP contribution in [0, 0.1) is 0 Å². The van der Waals surface area contributed by atoms with Crippen molar-refractivity contribution in [2.45, 2.75) is 20.0 Å². The number of nitrogens with one attached hydrogen (secondary N) is 1. The van der Waals surface area contributed by atoms with Crippen LogP contribution in [0.15, 0.2) is 16.6 Å². The average molecular weight is 316 g/mol. The van der Waals surface area contributed by atoms with Gasteiger partial charge in [0, 0.05) is 10.0 Å². The lowest BCUT2D eigenvalue weighted by Gasteiger charge is -2.15. The molecule has 0 saturated heterocycles. The van der Waals surface area contributed by atoms with Crippen LogP contribution in [0.3, 0.4) is 0 Å². The van der Waals surface area contributed by atoms with E-state index in [1.54, 1.807) is 26.3 Å². The van der Waals surface area contributed by atoms with Crippen LogP contribution in [0.1, 0.15) is 24.2 Å². The Labute approximate surface area is 116 Å². The highest BCUT2D eigenvalue weighted by Gasteiger charge is 2.16. The Morgan fingerprint density at radius 2 is 2.06 bits per heavy atom. The average Bonchev–Trinajstić information content (AvgIpc) is 2.30. The van der Waals surface area contributed by atoms with Gasteiger partial charge in [-0.2, -0.15) is 0 Å². The van der Waals surface area contributed by atoms with Gasteiger partial charge in [-0.05, 0) is 49.0 Å². The fourth-order valence-corrected chi connectivity index (χ4v) is 2.05. The Balaban J connectivity index is 3.16. The summed E-state index contributed by atoms with van der Waals surface area (Å²) in [6, 6.07) is 3.46. The Morgan fingerprint density at radius 1 is 1.39 bits per heavy atom. The monoisotopic (exact) mass is 315 g/mol. The molecule has 0 spiro atoms. The van der Waals surface area contributed by atoms with Crippen LogP contribution >= 0.6 is 15.9 Å². The Morgan fingerprint density at radius 3 is 2.56 bits per heavy atom. The summed E-state index contributed by atoms with van der Waals surface area (Å²) in [5, 5.41) is 2.84. The molecule has 0 aliphatic rings. The van der Waals surface area contributed by atoms with E-state index in [1.165, 1.54) is 0 Å². The minimum absolute atomic E-state index is 0.000587. The van der Waals surface area contributed by atoms with Gasteiger partial charge in [-0.25, -0.2) is 0 Å². The molecule has 1 N–H and O–H groups in total. The Bertz CT molecular complexity index is 432. The lowest BCUT2D eigenvalue weighted by Crippen LogP contribution is -2.19. The first-order chi connectivity index (χ1) is 8.49. The standard InChI is InChI=1S/C13H18BrNO3/c1-8(2)18-13-5-9(11(16)7-15-3)10(14)6-12(13)17-4/h5-6,8,15H,7H2,1-4H3. The number of ketones is 1. The number of benzene rings is 1. The molecule has 0 aromatic heterocycles. The lowest BCUT2D eigenvalue weighted by atomic mass is 10.1. The van der Waals surface area contributed by atoms with Gasteiger partial charge in [-0.1, -0.05) is 0 Å². The second-order valence-electron chi connectivity index (χ2n) is 4.10. The van der Waals surface area contributed by atoms with Crippen molar-refractivity contribution in [3.05, 3.63) is 22.2 Å². The molecule has 4 nitrogen and oxygen atoms in total. The van der Waals surface area contributed by atoms with E-state index in [4.69, 9.17) is 9.47 Å². The Hall–Kier alpha value is -1.07. The molecule has 0 fully saturated rings. The molecule has 18 heavy (non-hydrogen) atoms. The summed E-state index contributed by atoms with van der Waals surface area (Å²) < 4.78 is 11.6. The van der Waals surface area contributed by atoms with E-state index in [2.05, 4.69) is 21.2 Å². The summed E-state index contributed by atoms with van der Waals surface area (Å²) in [4.78, 5) is 11.9. The first-order valence-corrected chi connectivity index (χ1v) is 6.50. The SMILES string of the molecule is CNCC(=O)c1cc(OC(C)C)c(OC)cc1Br. The van der Waals surface area contributed by atoms with Crippen molar-refractivity contribution in [3.63, 3.8) is 0 Å². The summed E-state index contributed by atoms with van der Waals surface area (Å²) in [7, 11) is 3.31. The lowest BCUT2D eigenvalue weighted by molar-refractivity contribution is 0.0992. The number of halogens is 1. The molecule has 1 rings (SSSR count). The number of hydrogen-bond acceptors (Lipinski definition) is 4. The quantitative estimate of drug-likeness (QED) is 0.820. The molecule has 0 bridgehead atoms. The summed E-state index contributed by atoms with van der Waals surface area (Å²) in [5.41, 5.74) is 0.584. The number of rotatable bonds is 6. The second-order valence-corrected chi connectivity index (χ2v) is 4.96. The van der Waals surface area contributed by atoms with Gasteiger partial charge in [-0.15, -0.1) is 0 Å². The van der Waals surface area contributed by atoms with Crippen molar-refractivity contribution >= 4 is 21.7 Å². The maximum Gasteiger partial charge on any atom is 0.177 e. The molecule has 5 heteroatoms. The molecule has 0 aliphatic heterocycles. The third-order valence-electron chi connectivity index (χ3n) is 2.25. The van der Waals surface area contributed by atoms with Crippen LogP contribution < -0.4 is 14.8 Å². The molecular weight excluding hydrogens is 298 g/mol. The van der Waals surface area contributed by atoms with Gasteiger partial charge in [0.2, 0.25) is 0 Å². The summed E-state index contributed by atoms with van der Waals surface area (Å²) in [6.07, 6.45) is 0.0207. The van der Waals surface area contributed by atoms with Crippen molar-refractivity contribution in [2.24, 2.45) is 0 Å². The number of ether oxygens (including phenoxy) is 2. The third-order valence-corrected chi connectivity index (χ3v) is 2.91. The molecule has 0 amide bonds. The minimum atomic E-state index is 0.000587. The van der Waals surface area contributed by atoms with E-state index >= 15 is 0 Å². The van der Waals surface area contributed by atoms with Gasteiger partial charge < -0.3 is 14.8 Å². The molecule has 0 atom stereocenters. The summed E-state index contributed by atoms with van der Waals surface area (Å²) in [5.74, 6) is 1.19. The highest BCUT2D eigenvalue weighted by atomic mass is 79.9. The number of carbonyl (C=O) groups excluding carboxylic acids is 1. The zero-order valence-corrected chi connectivity index (χ0v) is 12.6. The molecule has 0 saturated carbocycles. The third kappa shape index (κ3) is 3.71. The summed E-state index contributed by atoms with van der Waals surface area (Å²) >= 11 is 3.37. The predicted molar refractivity (Wildman–Crippen MR) is 74.7 cm³/mol. The molecule has 0 heterocycles. The first-order valence-electron chi connectivity index (χ1n) is 5.71. The van der Waals surface area contributed by atoms with Gasteiger partial charge in [0.25, 0.3) is 0 Å². The summed E-state index contributed by atoms with van der Waals surface area (Å²) in [6.45, 7) is 4.14. The maximum absolute atomic E-state index is 11.9. The molecule has 0 unspecified atom stereocenters. The van der Waals surface area contributed by atoms with Crippen LogP contribution in [0.25, 0.3) is 0 Å². The van der Waals surface area contributed by atoms with Crippen LogP contribution in [-0.4, -0.2) is 32.6 Å². The van der Waals surface area contributed by atoms with E-state index < -0.39 is 0 Å². The van der Waals surface area contributed by atoms with E-state index in [0.717, 1.165) is 0 Å². The van der Waals surface area contributed by atoms with Crippen LogP contribution in [-0.2, 0) is 0 Å². The largest absolute Gasteiger partial charge is 0.493 e. The van der Waals surface area contributed by atoms with Crippen molar-refractivity contribution < 1.29 is 14.3 Å². The minimum Gasteiger partial charge on any atom is -0.493 e. The highest BCUT2D eigenvalue weighted by molar-refractivity contribution is 9.10. The molecule has 1 aromatic rings. The maximum atomic E-state index is 11.9. The van der Waals surface area contributed by atoms with Gasteiger partial charge in [0.05, 0.1) is 19.8 Å². The van der Waals surface area contributed by atoms with E-state index in [0.29, 0.717) is 21.5 Å². The van der Waals surface area contributed by atoms with Crippen molar-refractivity contribution in [1.29, 1.82) is 0 Å². The smallest absolute Gasteiger partial charge is 0.177 e. The zero-order chi connectivity index (χ0) is 13.7. The van der Waals surface area contributed by atoms with Crippen LogP contribution in [0.2, 0.25) is 0 Å². The van der Waals surface area contributed by atoms with Crippen LogP contribution in [0.4, 0.5) is 0 Å². The van der Waals surface area contributed by atoms with Crippen molar-refractivity contribution in [2.75, 3.05) is 20.7 Å². The van der Waals surface area contributed by atoms with E-state index in [1.807, 2.05) is 13.8 Å².